The summed E-state index contributed by atoms with van der Waals surface area (Å²) in [6.07, 6.45) is 1.46. The van der Waals surface area contributed by atoms with Crippen molar-refractivity contribution < 1.29 is 10.2 Å². The minimum Gasteiger partial charge on any atom is -0.391 e. The van der Waals surface area contributed by atoms with Crippen LogP contribution in [0.15, 0.2) is 54.6 Å². The van der Waals surface area contributed by atoms with Crippen LogP contribution in [0.4, 0.5) is 0 Å². The van der Waals surface area contributed by atoms with E-state index in [9.17, 15) is 10.2 Å². The van der Waals surface area contributed by atoms with Crippen LogP contribution in [0.1, 0.15) is 24.8 Å². The van der Waals surface area contributed by atoms with Crippen LogP contribution in [-0.2, 0) is 6.54 Å². The molecule has 0 radical (unpaired) electrons. The molecule has 1 saturated carbocycles. The van der Waals surface area contributed by atoms with Crippen molar-refractivity contribution in [3.63, 3.8) is 0 Å². The minimum atomic E-state index is -0.472. The van der Waals surface area contributed by atoms with Gasteiger partial charge in [-0.05, 0) is 57.9 Å². The molecule has 4 heteroatoms. The molecule has 0 aliphatic heterocycles. The van der Waals surface area contributed by atoms with Crippen molar-refractivity contribution in [2.75, 3.05) is 0 Å². The summed E-state index contributed by atoms with van der Waals surface area (Å²) in [7, 11) is 0. The number of rotatable bonds is 3. The minimum absolute atomic E-state index is 0. The lowest BCUT2D eigenvalue weighted by atomic mass is 9.89. The third kappa shape index (κ3) is 2.95. The highest BCUT2D eigenvalue weighted by Gasteiger charge is 2.30. The van der Waals surface area contributed by atoms with Gasteiger partial charge in [0.25, 0.3) is 0 Å². The molecule has 3 aromatic rings. The van der Waals surface area contributed by atoms with E-state index in [0.717, 1.165) is 19.3 Å². The topological polar surface area (TPSA) is 52.5 Å². The standard InChI is InChI=1S/C23H23NO2.ClH/c25-20-9-4-10-21(26)23(20)24-13-14-11-12-19-17-6-2-1-5-16(17)18-8-3-7-15(14)22(18)19;/h1-3,5-8,11-12,20-21,23-26H,4,9-10,13H2;1H. The van der Waals surface area contributed by atoms with Crippen LogP contribution in [-0.4, -0.2) is 28.5 Å². The molecule has 140 valence electrons. The summed E-state index contributed by atoms with van der Waals surface area (Å²) in [5.41, 5.74) is 6.41. The summed E-state index contributed by atoms with van der Waals surface area (Å²) < 4.78 is 0. The van der Waals surface area contributed by atoms with Crippen molar-refractivity contribution in [2.24, 2.45) is 0 Å². The van der Waals surface area contributed by atoms with Gasteiger partial charge < -0.3 is 15.5 Å². The Morgan fingerprint density at radius 3 is 2.11 bits per heavy atom. The van der Waals surface area contributed by atoms with Gasteiger partial charge in [0.1, 0.15) is 0 Å². The first-order chi connectivity index (χ1) is 12.7. The van der Waals surface area contributed by atoms with Crippen LogP contribution in [0.2, 0.25) is 0 Å². The van der Waals surface area contributed by atoms with Gasteiger partial charge in [0.05, 0.1) is 18.2 Å². The molecule has 3 nitrogen and oxygen atoms in total. The van der Waals surface area contributed by atoms with E-state index in [-0.39, 0.29) is 18.4 Å². The summed E-state index contributed by atoms with van der Waals surface area (Å²) in [5, 5.41) is 26.4. The number of fused-ring (bicyclic) bond motifs is 3. The summed E-state index contributed by atoms with van der Waals surface area (Å²) in [6.45, 7) is 0.648. The smallest absolute Gasteiger partial charge is 0.0718 e. The summed E-state index contributed by atoms with van der Waals surface area (Å²) in [4.78, 5) is 0. The molecule has 5 rings (SSSR count). The van der Waals surface area contributed by atoms with E-state index in [1.54, 1.807) is 0 Å². The van der Waals surface area contributed by atoms with Crippen LogP contribution in [0, 0.1) is 0 Å². The molecule has 0 aromatic heterocycles. The van der Waals surface area contributed by atoms with E-state index in [1.807, 2.05) is 0 Å². The fourth-order valence-electron chi connectivity index (χ4n) is 4.67. The number of aliphatic hydroxyl groups excluding tert-OH is 2. The third-order valence-corrected chi connectivity index (χ3v) is 6.00. The second kappa shape index (κ2) is 7.25. The Bertz CT molecular complexity index is 948. The molecule has 0 bridgehead atoms. The van der Waals surface area contributed by atoms with Crippen molar-refractivity contribution in [1.82, 2.24) is 5.32 Å². The number of nitrogens with one attached hydrogen (secondary N) is 1. The number of hydrogen-bond acceptors (Lipinski definition) is 3. The number of hydrogen-bond donors (Lipinski definition) is 3. The lowest BCUT2D eigenvalue weighted by molar-refractivity contribution is 0.000913. The zero-order chi connectivity index (χ0) is 17.7. The van der Waals surface area contributed by atoms with Crippen LogP contribution in [0.25, 0.3) is 33.0 Å². The van der Waals surface area contributed by atoms with E-state index in [4.69, 9.17) is 0 Å². The maximum Gasteiger partial charge on any atom is 0.0718 e. The highest BCUT2D eigenvalue weighted by molar-refractivity contribution is 6.15. The van der Waals surface area contributed by atoms with Crippen molar-refractivity contribution in [3.05, 3.63) is 60.2 Å². The van der Waals surface area contributed by atoms with Crippen LogP contribution in [0.3, 0.4) is 0 Å². The maximum absolute atomic E-state index is 10.2. The zero-order valence-electron chi connectivity index (χ0n) is 15.1. The quantitative estimate of drug-likeness (QED) is 0.496. The Balaban J connectivity index is 0.00000180. The van der Waals surface area contributed by atoms with Crippen LogP contribution < -0.4 is 5.32 Å². The molecular formula is C23H24ClNO2. The Labute approximate surface area is 165 Å². The van der Waals surface area contributed by atoms with Gasteiger partial charge in [-0.25, -0.2) is 0 Å². The average Bonchev–Trinajstić information content (AvgIpc) is 2.99. The molecule has 0 amide bonds. The molecule has 2 aliphatic carbocycles. The Hall–Kier alpha value is -1.91. The average molecular weight is 382 g/mol. The van der Waals surface area contributed by atoms with Crippen molar-refractivity contribution in [2.45, 2.75) is 44.1 Å². The van der Waals surface area contributed by atoms with Crippen LogP contribution in [0.5, 0.6) is 0 Å². The molecule has 27 heavy (non-hydrogen) atoms. The predicted octanol–water partition coefficient (Wildman–Crippen LogP) is 4.27. The fourth-order valence-corrected chi connectivity index (χ4v) is 4.67. The maximum atomic E-state index is 10.2. The first kappa shape index (κ1) is 18.5. The molecule has 3 N–H and O–H groups in total. The molecule has 2 unspecified atom stereocenters. The summed E-state index contributed by atoms with van der Waals surface area (Å²) in [6, 6.07) is 19.2. The van der Waals surface area contributed by atoms with Gasteiger partial charge in [0.2, 0.25) is 0 Å². The molecular weight excluding hydrogens is 358 g/mol. The number of aliphatic hydroxyl groups is 2. The molecule has 2 aliphatic rings. The molecule has 0 saturated heterocycles. The highest BCUT2D eigenvalue weighted by Crippen LogP contribution is 2.47. The van der Waals surface area contributed by atoms with Gasteiger partial charge in [0, 0.05) is 6.54 Å². The fraction of sp³-hybridized carbons (Fsp3) is 0.304. The van der Waals surface area contributed by atoms with Gasteiger partial charge >= 0.3 is 0 Å². The summed E-state index contributed by atoms with van der Waals surface area (Å²) >= 11 is 0. The van der Waals surface area contributed by atoms with Gasteiger partial charge in [-0.1, -0.05) is 54.6 Å². The lowest BCUT2D eigenvalue weighted by Crippen LogP contribution is -2.50. The van der Waals surface area contributed by atoms with Gasteiger partial charge in [-0.2, -0.15) is 0 Å². The van der Waals surface area contributed by atoms with Gasteiger partial charge in [-0.15, -0.1) is 12.4 Å². The molecule has 0 spiro atoms. The Morgan fingerprint density at radius 2 is 1.41 bits per heavy atom. The van der Waals surface area contributed by atoms with Crippen molar-refractivity contribution >= 4 is 23.2 Å². The number of benzene rings is 3. The predicted molar refractivity (Wildman–Crippen MR) is 112 cm³/mol. The van der Waals surface area contributed by atoms with Crippen molar-refractivity contribution in [3.8, 4) is 22.3 Å². The van der Waals surface area contributed by atoms with Gasteiger partial charge in [-0.3, -0.25) is 0 Å². The molecule has 1 fully saturated rings. The number of halogens is 1. The third-order valence-electron chi connectivity index (χ3n) is 6.00. The first-order valence-corrected chi connectivity index (χ1v) is 9.48. The highest BCUT2D eigenvalue weighted by atomic mass is 35.5. The molecule has 2 atom stereocenters. The lowest BCUT2D eigenvalue weighted by Gasteiger charge is -2.33. The summed E-state index contributed by atoms with van der Waals surface area (Å²) in [5.74, 6) is 0. The second-order valence-corrected chi connectivity index (χ2v) is 7.52. The monoisotopic (exact) mass is 381 g/mol. The van der Waals surface area contributed by atoms with Gasteiger partial charge in [0.15, 0.2) is 0 Å². The first-order valence-electron chi connectivity index (χ1n) is 9.48. The van der Waals surface area contributed by atoms with Crippen LogP contribution >= 0.6 is 12.4 Å². The Morgan fingerprint density at radius 1 is 0.778 bits per heavy atom. The van der Waals surface area contributed by atoms with E-state index in [2.05, 4.69) is 59.9 Å². The van der Waals surface area contributed by atoms with Crippen molar-refractivity contribution in [1.29, 1.82) is 0 Å². The largest absolute Gasteiger partial charge is 0.391 e. The van der Waals surface area contributed by atoms with E-state index in [1.165, 1.54) is 38.6 Å². The van der Waals surface area contributed by atoms with E-state index < -0.39 is 12.2 Å². The zero-order valence-corrected chi connectivity index (χ0v) is 15.9. The molecule has 3 aromatic carbocycles. The second-order valence-electron chi connectivity index (χ2n) is 7.52. The molecule has 0 heterocycles. The SMILES string of the molecule is Cl.OC1CCCC(O)C1NCc1ccc2c3c(cccc13)-c1ccccc1-2. The normalized spacial score (nSPS) is 23.1. The Kier molecular flexibility index (Phi) is 4.95. The van der Waals surface area contributed by atoms with E-state index in [0.29, 0.717) is 6.54 Å². The van der Waals surface area contributed by atoms with E-state index >= 15 is 0 Å².